The Labute approximate surface area is 200 Å². The van der Waals surface area contributed by atoms with E-state index in [4.69, 9.17) is 5.26 Å². The minimum atomic E-state index is -0.790. The van der Waals surface area contributed by atoms with Crippen LogP contribution in [0.5, 0.6) is 0 Å². The van der Waals surface area contributed by atoms with Crippen LogP contribution in [0.3, 0.4) is 0 Å². The molecule has 5 rings (SSSR count). The first-order valence-electron chi connectivity index (χ1n) is 11.4. The molecule has 2 aromatic heterocycles. The van der Waals surface area contributed by atoms with Gasteiger partial charge in [0, 0.05) is 12.2 Å². The number of hydrogen-bond donors (Lipinski definition) is 2. The number of fused-ring (bicyclic) bond motifs is 2. The highest BCUT2D eigenvalue weighted by atomic mass is 16.4. The first-order chi connectivity index (χ1) is 16.9. The zero-order valence-corrected chi connectivity index (χ0v) is 18.8. The van der Waals surface area contributed by atoms with Crippen LogP contribution in [0.25, 0.3) is 27.7 Å². The van der Waals surface area contributed by atoms with E-state index in [-0.39, 0.29) is 29.1 Å². The van der Waals surface area contributed by atoms with E-state index in [1.165, 1.54) is 4.40 Å². The average molecular weight is 466 g/mol. The van der Waals surface area contributed by atoms with Crippen molar-refractivity contribution in [2.24, 2.45) is 5.92 Å². The molecule has 2 aromatic carbocycles. The van der Waals surface area contributed by atoms with E-state index in [2.05, 4.69) is 16.4 Å². The Bertz CT molecular complexity index is 1560. The molecule has 8 nitrogen and oxygen atoms in total. The number of amides is 1. The normalized spacial score (nSPS) is 17.7. The Kier molecular flexibility index (Phi) is 5.75. The maximum absolute atomic E-state index is 13.3. The second kappa shape index (κ2) is 9.03. The van der Waals surface area contributed by atoms with Crippen LogP contribution in [0.15, 0.2) is 65.6 Å². The summed E-state index contributed by atoms with van der Waals surface area (Å²) >= 11 is 0. The van der Waals surface area contributed by atoms with E-state index in [0.29, 0.717) is 47.7 Å². The molecule has 0 spiro atoms. The van der Waals surface area contributed by atoms with Crippen LogP contribution in [-0.2, 0) is 4.79 Å². The highest BCUT2D eigenvalue weighted by Crippen LogP contribution is 2.26. The molecule has 174 valence electrons. The molecule has 0 bridgehead atoms. The molecule has 0 saturated heterocycles. The van der Waals surface area contributed by atoms with Crippen LogP contribution < -0.4 is 10.9 Å². The van der Waals surface area contributed by atoms with Gasteiger partial charge in [-0.25, -0.2) is 4.98 Å². The molecule has 1 fully saturated rings. The number of carbonyl (C=O) groups is 2. The number of hydrogen-bond acceptors (Lipinski definition) is 5. The molecular weight excluding hydrogens is 444 g/mol. The molecule has 0 atom stereocenters. The van der Waals surface area contributed by atoms with Gasteiger partial charge in [0.05, 0.1) is 34.0 Å². The summed E-state index contributed by atoms with van der Waals surface area (Å²) in [5.74, 6) is -1.48. The van der Waals surface area contributed by atoms with Gasteiger partial charge in [0.2, 0.25) is 0 Å². The lowest BCUT2D eigenvalue weighted by Crippen LogP contribution is -2.39. The first-order valence-corrected chi connectivity index (χ1v) is 11.4. The third kappa shape index (κ3) is 4.24. The van der Waals surface area contributed by atoms with Crippen molar-refractivity contribution >= 4 is 28.4 Å². The van der Waals surface area contributed by atoms with E-state index < -0.39 is 5.97 Å². The Balaban J connectivity index is 1.48. The third-order valence-electron chi connectivity index (χ3n) is 6.64. The van der Waals surface area contributed by atoms with E-state index >= 15 is 0 Å². The molecule has 0 aliphatic heterocycles. The fourth-order valence-electron chi connectivity index (χ4n) is 4.67. The Hall–Kier alpha value is -4.51. The van der Waals surface area contributed by atoms with Crippen LogP contribution >= 0.6 is 0 Å². The minimum absolute atomic E-state index is 0.111. The molecule has 1 aliphatic carbocycles. The summed E-state index contributed by atoms with van der Waals surface area (Å²) in [7, 11) is 0. The van der Waals surface area contributed by atoms with Crippen molar-refractivity contribution in [3.8, 4) is 17.2 Å². The van der Waals surface area contributed by atoms with Crippen LogP contribution in [-0.4, -0.2) is 32.4 Å². The van der Waals surface area contributed by atoms with Crippen molar-refractivity contribution in [3.05, 3.63) is 82.3 Å². The van der Waals surface area contributed by atoms with Crippen LogP contribution in [0.1, 0.15) is 41.6 Å². The van der Waals surface area contributed by atoms with Gasteiger partial charge in [0.25, 0.3) is 11.5 Å². The van der Waals surface area contributed by atoms with Crippen molar-refractivity contribution in [2.45, 2.75) is 31.7 Å². The summed E-state index contributed by atoms with van der Waals surface area (Å²) < 4.78 is 1.38. The van der Waals surface area contributed by atoms with Gasteiger partial charge in [0.15, 0.2) is 5.65 Å². The Morgan fingerprint density at radius 3 is 2.43 bits per heavy atom. The summed E-state index contributed by atoms with van der Waals surface area (Å²) in [5, 5.41) is 21.6. The standard InChI is InChI=1S/C27H22N4O4/c28-15-16-3-5-17(6-4-16)19-9-12-23-22(14-19)26(33)31-13-1-2-21(24(31)30-23)25(32)29-20-10-7-18(8-11-20)27(34)35/h1-6,9,12-14,18,20H,7-8,10-11H2,(H,29,32)(H,34,35)/t18-,20+. The molecule has 8 heteroatoms. The predicted molar refractivity (Wildman–Crippen MR) is 130 cm³/mol. The summed E-state index contributed by atoms with van der Waals surface area (Å²) in [6, 6.07) is 17.8. The lowest BCUT2D eigenvalue weighted by molar-refractivity contribution is -0.142. The molecule has 1 saturated carbocycles. The van der Waals surface area contributed by atoms with E-state index in [1.807, 2.05) is 18.2 Å². The van der Waals surface area contributed by atoms with Gasteiger partial charge in [-0.3, -0.25) is 18.8 Å². The second-order valence-corrected chi connectivity index (χ2v) is 8.81. The lowest BCUT2D eigenvalue weighted by Gasteiger charge is -2.26. The number of rotatable bonds is 4. The number of pyridine rings is 1. The minimum Gasteiger partial charge on any atom is -0.481 e. The SMILES string of the molecule is N#Cc1ccc(-c2ccc3nc4c(C(=O)N[C@H]5CC[C@@H](C(=O)O)CC5)cccn4c(=O)c3c2)cc1. The number of aliphatic carboxylic acids is 1. The highest BCUT2D eigenvalue weighted by molar-refractivity contribution is 6.01. The van der Waals surface area contributed by atoms with Crippen molar-refractivity contribution < 1.29 is 14.7 Å². The van der Waals surface area contributed by atoms with Gasteiger partial charge in [-0.05, 0) is 73.2 Å². The second-order valence-electron chi connectivity index (χ2n) is 8.81. The van der Waals surface area contributed by atoms with Crippen molar-refractivity contribution in [2.75, 3.05) is 0 Å². The first kappa shape index (κ1) is 22.3. The van der Waals surface area contributed by atoms with Crippen LogP contribution in [0.4, 0.5) is 0 Å². The summed E-state index contributed by atoms with van der Waals surface area (Å²) in [6.45, 7) is 0. The van der Waals surface area contributed by atoms with Crippen molar-refractivity contribution in [1.82, 2.24) is 14.7 Å². The zero-order valence-electron chi connectivity index (χ0n) is 18.8. The zero-order chi connectivity index (χ0) is 24.5. The van der Waals surface area contributed by atoms with E-state index in [0.717, 1.165) is 11.1 Å². The average Bonchev–Trinajstić information content (AvgIpc) is 2.89. The van der Waals surface area contributed by atoms with Gasteiger partial charge < -0.3 is 10.4 Å². The number of nitriles is 1. The largest absolute Gasteiger partial charge is 0.481 e. The predicted octanol–water partition coefficient (Wildman–Crippen LogP) is 3.76. The number of carbonyl (C=O) groups excluding carboxylic acids is 1. The number of nitrogens with zero attached hydrogens (tertiary/aromatic N) is 3. The topological polar surface area (TPSA) is 125 Å². The van der Waals surface area contributed by atoms with Gasteiger partial charge >= 0.3 is 5.97 Å². The van der Waals surface area contributed by atoms with Gasteiger partial charge in [-0.2, -0.15) is 5.26 Å². The fourth-order valence-corrected chi connectivity index (χ4v) is 4.67. The molecule has 0 unspecified atom stereocenters. The van der Waals surface area contributed by atoms with Gasteiger partial charge in [-0.15, -0.1) is 0 Å². The van der Waals surface area contributed by atoms with Crippen molar-refractivity contribution in [1.29, 1.82) is 5.26 Å². The molecule has 2 heterocycles. The summed E-state index contributed by atoms with van der Waals surface area (Å²) in [4.78, 5) is 42.2. The third-order valence-corrected chi connectivity index (χ3v) is 6.64. The molecule has 2 N–H and O–H groups in total. The van der Waals surface area contributed by atoms with Crippen LogP contribution in [0.2, 0.25) is 0 Å². The quantitative estimate of drug-likeness (QED) is 0.441. The summed E-state index contributed by atoms with van der Waals surface area (Å²) in [6.07, 6.45) is 3.84. The lowest BCUT2D eigenvalue weighted by atomic mass is 9.86. The Morgan fingerprint density at radius 2 is 1.74 bits per heavy atom. The van der Waals surface area contributed by atoms with Crippen molar-refractivity contribution in [3.63, 3.8) is 0 Å². The molecule has 1 amide bonds. The number of nitrogens with one attached hydrogen (secondary N) is 1. The molecule has 0 radical (unpaired) electrons. The number of carboxylic acid groups (broad SMARTS) is 1. The number of benzene rings is 2. The smallest absolute Gasteiger partial charge is 0.306 e. The molecule has 35 heavy (non-hydrogen) atoms. The number of aromatic nitrogens is 2. The van der Waals surface area contributed by atoms with E-state index in [1.54, 1.807) is 42.6 Å². The monoisotopic (exact) mass is 466 g/mol. The molecule has 4 aromatic rings. The fraction of sp³-hybridized carbons (Fsp3) is 0.222. The summed E-state index contributed by atoms with van der Waals surface area (Å²) in [5.41, 5.74) is 3.03. The molecular formula is C27H22N4O4. The van der Waals surface area contributed by atoms with Crippen LogP contribution in [0, 0.1) is 17.2 Å². The maximum atomic E-state index is 13.3. The molecule has 1 aliphatic rings. The highest BCUT2D eigenvalue weighted by Gasteiger charge is 2.27. The maximum Gasteiger partial charge on any atom is 0.306 e. The van der Waals surface area contributed by atoms with E-state index in [9.17, 15) is 19.5 Å². The van der Waals surface area contributed by atoms with Gasteiger partial charge in [0.1, 0.15) is 0 Å². The number of carboxylic acids is 1. The van der Waals surface area contributed by atoms with Gasteiger partial charge in [-0.1, -0.05) is 18.2 Å². The Morgan fingerprint density at radius 1 is 1.03 bits per heavy atom.